The van der Waals surface area contributed by atoms with Crippen LogP contribution < -0.4 is 66.8 Å². The van der Waals surface area contributed by atoms with Crippen LogP contribution >= 0.6 is 0 Å². The van der Waals surface area contributed by atoms with E-state index in [2.05, 4.69) is 10.2 Å². The summed E-state index contributed by atoms with van der Waals surface area (Å²) >= 11 is 0. The molecular weight excluding hydrogens is 229 g/mol. The number of nitrogen functional groups attached to an aromatic ring is 1. The number of anilines is 2. The Labute approximate surface area is 139 Å². The molecule has 5 heteroatoms. The fraction of sp³-hybridized carbons (Fsp3) is 0.455. The SMILES string of the molecule is COc1ccc(N2CC[N-]CC2)cc1N.[K+]. The number of methoxy groups -OCH3 is 1. The van der Waals surface area contributed by atoms with Crippen molar-refractivity contribution in [1.82, 2.24) is 0 Å². The Morgan fingerprint density at radius 3 is 2.56 bits per heavy atom. The minimum absolute atomic E-state index is 0. The van der Waals surface area contributed by atoms with E-state index >= 15 is 0 Å². The van der Waals surface area contributed by atoms with Crippen LogP contribution in [0.4, 0.5) is 11.4 Å². The average molecular weight is 245 g/mol. The Balaban J connectivity index is 0.00000128. The van der Waals surface area contributed by atoms with E-state index in [-0.39, 0.29) is 51.4 Å². The van der Waals surface area contributed by atoms with Crippen molar-refractivity contribution >= 4 is 11.4 Å². The van der Waals surface area contributed by atoms with E-state index in [4.69, 9.17) is 10.5 Å². The third-order valence-corrected chi connectivity index (χ3v) is 2.63. The van der Waals surface area contributed by atoms with Gasteiger partial charge in [-0.15, -0.1) is 13.1 Å². The van der Waals surface area contributed by atoms with Crippen molar-refractivity contribution in [2.75, 3.05) is 43.9 Å². The molecule has 16 heavy (non-hydrogen) atoms. The topological polar surface area (TPSA) is 52.6 Å². The predicted octanol–water partition coefficient (Wildman–Crippen LogP) is -1.52. The molecule has 0 radical (unpaired) electrons. The van der Waals surface area contributed by atoms with E-state index in [0.717, 1.165) is 37.6 Å². The summed E-state index contributed by atoms with van der Waals surface area (Å²) in [5.41, 5.74) is 7.71. The minimum atomic E-state index is 0. The number of nitrogens with two attached hydrogens (primary N) is 1. The van der Waals surface area contributed by atoms with Crippen molar-refractivity contribution in [3.8, 4) is 5.75 Å². The van der Waals surface area contributed by atoms with Gasteiger partial charge in [0.15, 0.2) is 0 Å². The van der Waals surface area contributed by atoms with Gasteiger partial charge in [0, 0.05) is 5.69 Å². The number of piperazine rings is 1. The summed E-state index contributed by atoms with van der Waals surface area (Å²) in [6.07, 6.45) is 0. The summed E-state index contributed by atoms with van der Waals surface area (Å²) < 4.78 is 5.13. The summed E-state index contributed by atoms with van der Waals surface area (Å²) in [6.45, 7) is 3.77. The molecular formula is C11H16KN3O. The molecule has 4 nitrogen and oxygen atoms in total. The molecule has 0 spiro atoms. The van der Waals surface area contributed by atoms with Crippen LogP contribution in [0.2, 0.25) is 0 Å². The quantitative estimate of drug-likeness (QED) is 0.508. The third-order valence-electron chi connectivity index (χ3n) is 2.63. The van der Waals surface area contributed by atoms with Gasteiger partial charge in [0.25, 0.3) is 0 Å². The van der Waals surface area contributed by atoms with Gasteiger partial charge in [-0.05, 0) is 31.3 Å². The molecule has 0 aromatic heterocycles. The molecule has 1 aliphatic rings. The zero-order valence-electron chi connectivity index (χ0n) is 9.94. The first-order valence-corrected chi connectivity index (χ1v) is 5.13. The molecule has 2 N–H and O–H groups in total. The van der Waals surface area contributed by atoms with Crippen LogP contribution in [0.15, 0.2) is 18.2 Å². The molecule has 1 saturated heterocycles. The fourth-order valence-electron chi connectivity index (χ4n) is 1.78. The molecule has 1 fully saturated rings. The second-order valence-corrected chi connectivity index (χ2v) is 3.58. The summed E-state index contributed by atoms with van der Waals surface area (Å²) in [5, 5.41) is 4.31. The number of nitrogens with zero attached hydrogens (tertiary/aromatic N) is 2. The van der Waals surface area contributed by atoms with Crippen LogP contribution in [-0.2, 0) is 0 Å². The monoisotopic (exact) mass is 245 g/mol. The first-order valence-electron chi connectivity index (χ1n) is 5.13. The van der Waals surface area contributed by atoms with E-state index in [1.807, 2.05) is 18.2 Å². The van der Waals surface area contributed by atoms with Gasteiger partial charge >= 0.3 is 51.4 Å². The molecule has 2 rings (SSSR count). The van der Waals surface area contributed by atoms with E-state index < -0.39 is 0 Å². The van der Waals surface area contributed by atoms with Crippen molar-refractivity contribution in [1.29, 1.82) is 0 Å². The molecule has 0 saturated carbocycles. The Morgan fingerprint density at radius 2 is 2.00 bits per heavy atom. The maximum Gasteiger partial charge on any atom is 1.00 e. The van der Waals surface area contributed by atoms with E-state index in [1.54, 1.807) is 7.11 Å². The molecule has 82 valence electrons. The summed E-state index contributed by atoms with van der Waals surface area (Å²) in [7, 11) is 1.63. The molecule has 0 aliphatic carbocycles. The van der Waals surface area contributed by atoms with Gasteiger partial charge in [-0.3, -0.25) is 0 Å². The predicted molar refractivity (Wildman–Crippen MR) is 62.7 cm³/mol. The number of hydrogen-bond donors (Lipinski definition) is 1. The van der Waals surface area contributed by atoms with Gasteiger partial charge in [-0.1, -0.05) is 0 Å². The fourth-order valence-corrected chi connectivity index (χ4v) is 1.78. The minimum Gasteiger partial charge on any atom is -0.659 e. The van der Waals surface area contributed by atoms with Gasteiger partial charge in [-0.2, -0.15) is 0 Å². The maximum absolute atomic E-state index is 5.86. The second kappa shape index (κ2) is 6.83. The van der Waals surface area contributed by atoms with Crippen molar-refractivity contribution in [2.45, 2.75) is 0 Å². The molecule has 0 bridgehead atoms. The first kappa shape index (κ1) is 14.3. The third kappa shape index (κ3) is 3.35. The molecule has 1 heterocycles. The number of hydrogen-bond acceptors (Lipinski definition) is 3. The van der Waals surface area contributed by atoms with E-state index in [0.29, 0.717) is 5.69 Å². The molecule has 0 unspecified atom stereocenters. The van der Waals surface area contributed by atoms with Gasteiger partial charge in [0.05, 0.1) is 12.8 Å². The zero-order chi connectivity index (χ0) is 10.7. The van der Waals surface area contributed by atoms with Gasteiger partial charge < -0.3 is 20.7 Å². The van der Waals surface area contributed by atoms with Crippen LogP contribution in [0.3, 0.4) is 0 Å². The number of rotatable bonds is 2. The van der Waals surface area contributed by atoms with Gasteiger partial charge in [-0.25, -0.2) is 0 Å². The maximum atomic E-state index is 5.86. The normalized spacial score (nSPS) is 15.4. The van der Waals surface area contributed by atoms with Crippen molar-refractivity contribution in [2.24, 2.45) is 0 Å². The number of ether oxygens (including phenoxy) is 1. The zero-order valence-corrected chi connectivity index (χ0v) is 13.1. The largest absolute Gasteiger partial charge is 1.00 e. The van der Waals surface area contributed by atoms with Crippen molar-refractivity contribution < 1.29 is 56.1 Å². The van der Waals surface area contributed by atoms with Gasteiger partial charge in [0.1, 0.15) is 5.75 Å². The van der Waals surface area contributed by atoms with Gasteiger partial charge in [0.2, 0.25) is 0 Å². The van der Waals surface area contributed by atoms with Crippen LogP contribution in [0.25, 0.3) is 5.32 Å². The molecule has 0 amide bonds. The smallest absolute Gasteiger partial charge is 0.659 e. The van der Waals surface area contributed by atoms with E-state index in [9.17, 15) is 0 Å². The standard InChI is InChI=1S/C11H16N3O.K/c1-15-11-3-2-9(8-10(11)12)14-6-4-13-5-7-14;/h2-3,8H,4-7,12H2,1H3;/q-1;+1. The number of benzene rings is 1. The summed E-state index contributed by atoms with van der Waals surface area (Å²) in [6, 6.07) is 5.92. The van der Waals surface area contributed by atoms with Crippen LogP contribution in [0.1, 0.15) is 0 Å². The van der Waals surface area contributed by atoms with Crippen LogP contribution in [0, 0.1) is 0 Å². The molecule has 1 aromatic rings. The van der Waals surface area contributed by atoms with Crippen LogP contribution in [-0.4, -0.2) is 33.3 Å². The summed E-state index contributed by atoms with van der Waals surface area (Å²) in [5.74, 6) is 0.737. The first-order chi connectivity index (χ1) is 7.31. The molecule has 0 atom stereocenters. The Kier molecular flexibility index (Phi) is 6.10. The molecule has 1 aliphatic heterocycles. The second-order valence-electron chi connectivity index (χ2n) is 3.58. The van der Waals surface area contributed by atoms with E-state index in [1.165, 1.54) is 0 Å². The van der Waals surface area contributed by atoms with Crippen LogP contribution in [0.5, 0.6) is 5.75 Å². The van der Waals surface area contributed by atoms with Crippen molar-refractivity contribution in [3.63, 3.8) is 0 Å². The Hall–Kier alpha value is 0.216. The molecule has 1 aromatic carbocycles. The Bertz CT molecular complexity index is 340. The van der Waals surface area contributed by atoms with Crippen molar-refractivity contribution in [3.05, 3.63) is 23.5 Å². The Morgan fingerprint density at radius 1 is 1.31 bits per heavy atom. The summed E-state index contributed by atoms with van der Waals surface area (Å²) in [4.78, 5) is 2.29. The average Bonchev–Trinajstić information content (AvgIpc) is 2.30.